The molecule has 0 spiro atoms. The van der Waals surface area contributed by atoms with Crippen LogP contribution in [-0.2, 0) is 10.0 Å². The Morgan fingerprint density at radius 1 is 1.13 bits per heavy atom. The number of rotatable bonds is 7. The molecule has 0 aliphatic rings. The van der Waals surface area contributed by atoms with Crippen molar-refractivity contribution in [2.45, 2.75) is 24.8 Å². The minimum absolute atomic E-state index is 0.00414. The molecule has 3 aromatic rings. The number of ether oxygens (including phenoxy) is 1. The monoisotopic (exact) mass is 460 g/mol. The molecule has 0 bridgehead atoms. The Morgan fingerprint density at radius 2 is 1.77 bits per heavy atom. The number of anilines is 2. The minimum Gasteiger partial charge on any atom is -0.491 e. The first-order valence-electron chi connectivity index (χ1n) is 9.30. The van der Waals surface area contributed by atoms with E-state index < -0.39 is 15.9 Å². The number of carbonyl (C=O) groups is 1. The number of halogens is 1. The van der Waals surface area contributed by atoms with E-state index in [0.717, 1.165) is 0 Å². The van der Waals surface area contributed by atoms with E-state index in [2.05, 4.69) is 14.7 Å². The molecule has 0 aliphatic carbocycles. The van der Waals surface area contributed by atoms with Crippen LogP contribution in [0.4, 0.5) is 11.4 Å². The summed E-state index contributed by atoms with van der Waals surface area (Å²) in [6, 6.07) is 10.6. The number of nitrogens with zero attached hydrogens (tertiary/aromatic N) is 3. The van der Waals surface area contributed by atoms with E-state index >= 15 is 0 Å². The normalized spacial score (nSPS) is 11.3. The number of sulfonamides is 1. The first-order valence-corrected chi connectivity index (χ1v) is 11.2. The van der Waals surface area contributed by atoms with Crippen molar-refractivity contribution in [3.05, 3.63) is 71.8 Å². The molecule has 162 valence electrons. The van der Waals surface area contributed by atoms with Crippen LogP contribution < -0.4 is 14.4 Å². The average molecular weight is 461 g/mol. The third-order valence-electron chi connectivity index (χ3n) is 4.16. The van der Waals surface area contributed by atoms with Gasteiger partial charge < -0.3 is 9.64 Å². The van der Waals surface area contributed by atoms with Gasteiger partial charge in [-0.3, -0.25) is 14.5 Å². The van der Waals surface area contributed by atoms with Crippen molar-refractivity contribution in [1.29, 1.82) is 0 Å². The molecule has 2 heterocycles. The fourth-order valence-electron chi connectivity index (χ4n) is 2.70. The van der Waals surface area contributed by atoms with Crippen molar-refractivity contribution in [1.82, 2.24) is 9.97 Å². The number of hydrogen-bond donors (Lipinski definition) is 1. The second kappa shape index (κ2) is 9.32. The Hall–Kier alpha value is -3.17. The quantitative estimate of drug-likeness (QED) is 0.572. The summed E-state index contributed by atoms with van der Waals surface area (Å²) >= 11 is 6.02. The summed E-state index contributed by atoms with van der Waals surface area (Å²) in [4.78, 5) is 22.3. The van der Waals surface area contributed by atoms with Crippen molar-refractivity contribution in [2.24, 2.45) is 0 Å². The van der Waals surface area contributed by atoms with Gasteiger partial charge in [-0.05, 0) is 56.3 Å². The number of pyridine rings is 2. The summed E-state index contributed by atoms with van der Waals surface area (Å²) in [5.41, 5.74) is 0.458. The molecule has 1 amide bonds. The van der Waals surface area contributed by atoms with Crippen LogP contribution in [0.15, 0.2) is 66.0 Å². The van der Waals surface area contributed by atoms with E-state index in [1.165, 1.54) is 29.3 Å². The van der Waals surface area contributed by atoms with Crippen LogP contribution in [0, 0.1) is 0 Å². The van der Waals surface area contributed by atoms with E-state index in [1.807, 2.05) is 13.8 Å². The zero-order chi connectivity index (χ0) is 22.6. The highest BCUT2D eigenvalue weighted by Gasteiger charge is 2.23. The third kappa shape index (κ3) is 5.50. The lowest BCUT2D eigenvalue weighted by Gasteiger charge is -2.19. The Kier molecular flexibility index (Phi) is 6.77. The van der Waals surface area contributed by atoms with E-state index in [0.29, 0.717) is 11.4 Å². The second-order valence-electron chi connectivity index (χ2n) is 6.86. The molecular weight excluding hydrogens is 440 g/mol. The van der Waals surface area contributed by atoms with Crippen molar-refractivity contribution in [3.8, 4) is 5.75 Å². The molecule has 1 aromatic carbocycles. The Bertz CT molecular complexity index is 1170. The predicted octanol–water partition coefficient (Wildman–Crippen LogP) is 3.99. The number of carbonyl (C=O) groups excluding carboxylic acids is 1. The Balaban J connectivity index is 1.90. The molecule has 1 N–H and O–H groups in total. The summed E-state index contributed by atoms with van der Waals surface area (Å²) in [6.45, 7) is 3.75. The molecule has 0 radical (unpaired) electrons. The molecule has 0 atom stereocenters. The molecule has 0 aliphatic heterocycles. The highest BCUT2D eigenvalue weighted by molar-refractivity contribution is 7.92. The van der Waals surface area contributed by atoms with Gasteiger partial charge in [0.15, 0.2) is 5.69 Å². The van der Waals surface area contributed by atoms with E-state index in [-0.39, 0.29) is 27.4 Å². The Labute approximate surface area is 185 Å². The molecule has 2 aromatic heterocycles. The molecule has 8 nitrogen and oxygen atoms in total. The van der Waals surface area contributed by atoms with E-state index in [1.54, 1.807) is 43.7 Å². The molecule has 31 heavy (non-hydrogen) atoms. The predicted molar refractivity (Wildman–Crippen MR) is 119 cm³/mol. The Morgan fingerprint density at radius 3 is 2.39 bits per heavy atom. The lowest BCUT2D eigenvalue weighted by molar-refractivity contribution is 0.0989. The van der Waals surface area contributed by atoms with Gasteiger partial charge >= 0.3 is 0 Å². The molecule has 0 saturated heterocycles. The fourth-order valence-corrected chi connectivity index (χ4v) is 3.92. The van der Waals surface area contributed by atoms with Crippen LogP contribution in [0.25, 0.3) is 0 Å². The maximum absolute atomic E-state index is 13.0. The summed E-state index contributed by atoms with van der Waals surface area (Å²) in [7, 11) is -2.45. The lowest BCUT2D eigenvalue weighted by Crippen LogP contribution is -2.28. The average Bonchev–Trinajstić information content (AvgIpc) is 2.73. The smallest absolute Gasteiger partial charge is 0.278 e. The number of aromatic nitrogens is 2. The van der Waals surface area contributed by atoms with Gasteiger partial charge in [0.1, 0.15) is 5.75 Å². The van der Waals surface area contributed by atoms with Gasteiger partial charge in [-0.1, -0.05) is 11.6 Å². The fraction of sp³-hybridized carbons (Fsp3) is 0.190. The second-order valence-corrected chi connectivity index (χ2v) is 8.98. The van der Waals surface area contributed by atoms with Gasteiger partial charge in [0.2, 0.25) is 0 Å². The maximum atomic E-state index is 13.0. The van der Waals surface area contributed by atoms with Crippen molar-refractivity contribution < 1.29 is 17.9 Å². The van der Waals surface area contributed by atoms with Crippen molar-refractivity contribution in [3.63, 3.8) is 0 Å². The van der Waals surface area contributed by atoms with Gasteiger partial charge in [-0.2, -0.15) is 0 Å². The summed E-state index contributed by atoms with van der Waals surface area (Å²) < 4.78 is 33.8. The van der Waals surface area contributed by atoms with Crippen LogP contribution in [-0.4, -0.2) is 37.4 Å². The summed E-state index contributed by atoms with van der Waals surface area (Å²) in [5.74, 6) is 0.0365. The third-order valence-corrected chi connectivity index (χ3v) is 5.75. The van der Waals surface area contributed by atoms with Crippen molar-refractivity contribution in [2.75, 3.05) is 16.7 Å². The van der Waals surface area contributed by atoms with E-state index in [4.69, 9.17) is 16.3 Å². The van der Waals surface area contributed by atoms with Crippen LogP contribution in [0.3, 0.4) is 0 Å². The van der Waals surface area contributed by atoms with Gasteiger partial charge in [-0.15, -0.1) is 0 Å². The molecule has 10 heteroatoms. The molecule has 3 rings (SSSR count). The SMILES string of the molecule is CC(C)Oc1ccc(S(=O)(=O)Nc2cc(Cl)cnc2C(=O)N(C)c2ccncc2)cc1. The van der Waals surface area contributed by atoms with Crippen LogP contribution >= 0.6 is 11.6 Å². The van der Waals surface area contributed by atoms with Crippen molar-refractivity contribution >= 4 is 38.9 Å². The molecule has 0 unspecified atom stereocenters. The number of benzene rings is 1. The van der Waals surface area contributed by atoms with Gasteiger partial charge in [0.25, 0.3) is 15.9 Å². The lowest BCUT2D eigenvalue weighted by atomic mass is 10.2. The largest absolute Gasteiger partial charge is 0.491 e. The zero-order valence-corrected chi connectivity index (χ0v) is 18.7. The number of nitrogens with one attached hydrogen (secondary N) is 1. The van der Waals surface area contributed by atoms with Crippen LogP contribution in [0.1, 0.15) is 24.3 Å². The van der Waals surface area contributed by atoms with Crippen LogP contribution in [0.2, 0.25) is 5.02 Å². The maximum Gasteiger partial charge on any atom is 0.278 e. The number of hydrogen-bond acceptors (Lipinski definition) is 6. The summed E-state index contributed by atoms with van der Waals surface area (Å²) in [5, 5.41) is 0.182. The van der Waals surface area contributed by atoms with Crippen LogP contribution in [0.5, 0.6) is 5.75 Å². The molecular formula is C21H21ClN4O4S. The van der Waals surface area contributed by atoms with Gasteiger partial charge in [0.05, 0.1) is 21.7 Å². The minimum atomic E-state index is -4.01. The van der Waals surface area contributed by atoms with E-state index in [9.17, 15) is 13.2 Å². The highest BCUT2D eigenvalue weighted by Crippen LogP contribution is 2.25. The summed E-state index contributed by atoms with van der Waals surface area (Å²) in [6.07, 6.45) is 4.34. The molecule has 0 fully saturated rings. The highest BCUT2D eigenvalue weighted by atomic mass is 35.5. The first kappa shape index (κ1) is 22.5. The standard InChI is InChI=1S/C21H21ClN4O4S/c1-14(2)30-17-4-6-18(7-5-17)31(28,29)25-19-12-15(22)13-24-20(19)21(27)26(3)16-8-10-23-11-9-16/h4-14,25H,1-3H3. The van der Waals surface area contributed by atoms with Gasteiger partial charge in [0, 0.05) is 31.3 Å². The van der Waals surface area contributed by atoms with Gasteiger partial charge in [-0.25, -0.2) is 13.4 Å². The molecule has 0 saturated carbocycles. The number of amides is 1. The first-order chi connectivity index (χ1) is 14.7. The topological polar surface area (TPSA) is 101 Å². The zero-order valence-electron chi connectivity index (χ0n) is 17.1.